The Hall–Kier alpha value is -3.23. The van der Waals surface area contributed by atoms with Crippen molar-refractivity contribution in [2.75, 3.05) is 13.1 Å². The maximum Gasteiger partial charge on any atom is 0.395 e. The number of nitrogens with one attached hydrogen (secondary N) is 2. The highest BCUT2D eigenvalue weighted by atomic mass is 19.4. The third-order valence-electron chi connectivity index (χ3n) is 5.10. The Morgan fingerprint density at radius 3 is 2.69 bits per heavy atom. The monoisotopic (exact) mass is 405 g/mol. The number of aromatic amines is 1. The lowest BCUT2D eigenvalue weighted by Crippen LogP contribution is -2.45. The third-order valence-corrected chi connectivity index (χ3v) is 5.10. The molecule has 3 aromatic rings. The molecular formula is C20H18F3N3O3. The van der Waals surface area contributed by atoms with E-state index in [1.165, 1.54) is 18.4 Å². The van der Waals surface area contributed by atoms with Gasteiger partial charge in [0.05, 0.1) is 18.2 Å². The van der Waals surface area contributed by atoms with Gasteiger partial charge in [-0.05, 0) is 37.3 Å². The van der Waals surface area contributed by atoms with Crippen LogP contribution in [0.3, 0.4) is 0 Å². The average Bonchev–Trinajstić information content (AvgIpc) is 3.39. The van der Waals surface area contributed by atoms with E-state index in [-0.39, 0.29) is 18.0 Å². The third kappa shape index (κ3) is 3.72. The van der Waals surface area contributed by atoms with E-state index in [2.05, 4.69) is 10.3 Å². The van der Waals surface area contributed by atoms with Gasteiger partial charge in [0.1, 0.15) is 5.69 Å². The van der Waals surface area contributed by atoms with Gasteiger partial charge in [0.2, 0.25) is 0 Å². The van der Waals surface area contributed by atoms with Crippen LogP contribution in [0.25, 0.3) is 10.9 Å². The second kappa shape index (κ2) is 6.98. The maximum absolute atomic E-state index is 13.5. The lowest BCUT2D eigenvalue weighted by molar-refractivity contribution is -0.174. The number of furan rings is 1. The van der Waals surface area contributed by atoms with Gasteiger partial charge in [0.15, 0.2) is 5.76 Å². The summed E-state index contributed by atoms with van der Waals surface area (Å²) < 4.78 is 45.5. The highest BCUT2D eigenvalue weighted by Gasteiger charge is 2.51. The van der Waals surface area contributed by atoms with Crippen LogP contribution in [-0.2, 0) is 0 Å². The van der Waals surface area contributed by atoms with Crippen LogP contribution in [0.5, 0.6) is 0 Å². The number of hydrogen-bond acceptors (Lipinski definition) is 3. The largest absolute Gasteiger partial charge is 0.459 e. The van der Waals surface area contributed by atoms with Crippen molar-refractivity contribution in [3.63, 3.8) is 0 Å². The summed E-state index contributed by atoms with van der Waals surface area (Å²) in [6.07, 6.45) is -3.30. The first-order valence-corrected chi connectivity index (χ1v) is 9.02. The molecule has 1 aliphatic heterocycles. The molecule has 29 heavy (non-hydrogen) atoms. The second-order valence-electron chi connectivity index (χ2n) is 7.19. The molecular weight excluding hydrogens is 387 g/mol. The van der Waals surface area contributed by atoms with Gasteiger partial charge in [-0.2, -0.15) is 13.2 Å². The van der Waals surface area contributed by atoms with Gasteiger partial charge in [-0.15, -0.1) is 0 Å². The highest BCUT2D eigenvalue weighted by molar-refractivity contribution is 5.98. The van der Waals surface area contributed by atoms with Crippen LogP contribution in [0.1, 0.15) is 26.6 Å². The fraction of sp³-hybridized carbons (Fsp3) is 0.300. The minimum absolute atomic E-state index is 0.0818. The number of H-pyrrole nitrogens is 1. The van der Waals surface area contributed by atoms with Crippen molar-refractivity contribution in [2.45, 2.75) is 19.1 Å². The number of carbonyl (C=O) groups excluding carboxylic acids is 2. The fourth-order valence-corrected chi connectivity index (χ4v) is 3.63. The first kappa shape index (κ1) is 19.1. The Morgan fingerprint density at radius 1 is 1.21 bits per heavy atom. The molecule has 6 nitrogen and oxygen atoms in total. The minimum Gasteiger partial charge on any atom is -0.459 e. The summed E-state index contributed by atoms with van der Waals surface area (Å²) in [4.78, 5) is 29.0. The van der Waals surface area contributed by atoms with Gasteiger partial charge in [-0.1, -0.05) is 11.6 Å². The molecule has 2 atom stereocenters. The van der Waals surface area contributed by atoms with Crippen LogP contribution in [0.2, 0.25) is 0 Å². The molecule has 0 spiro atoms. The predicted octanol–water partition coefficient (Wildman–Crippen LogP) is 3.50. The number of rotatable bonds is 3. The van der Waals surface area contributed by atoms with Gasteiger partial charge in [0.25, 0.3) is 11.8 Å². The summed E-state index contributed by atoms with van der Waals surface area (Å²) in [6.45, 7) is 1.14. The van der Waals surface area contributed by atoms with Gasteiger partial charge in [-0.3, -0.25) is 9.59 Å². The number of halogens is 3. The highest BCUT2D eigenvalue weighted by Crippen LogP contribution is 2.34. The summed E-state index contributed by atoms with van der Waals surface area (Å²) in [5.74, 6) is -3.23. The van der Waals surface area contributed by atoms with E-state index in [0.717, 1.165) is 21.4 Å². The minimum atomic E-state index is -4.56. The quantitative estimate of drug-likeness (QED) is 0.700. The van der Waals surface area contributed by atoms with E-state index in [1.807, 2.05) is 25.1 Å². The molecule has 4 rings (SSSR count). The summed E-state index contributed by atoms with van der Waals surface area (Å²) in [6, 6.07) is 8.78. The molecule has 1 aliphatic rings. The van der Waals surface area contributed by atoms with Crippen LogP contribution in [0.15, 0.2) is 47.1 Å². The van der Waals surface area contributed by atoms with Gasteiger partial charge >= 0.3 is 6.18 Å². The Labute approximate surface area is 163 Å². The topological polar surface area (TPSA) is 78.3 Å². The zero-order valence-electron chi connectivity index (χ0n) is 15.4. The van der Waals surface area contributed by atoms with E-state index >= 15 is 0 Å². The van der Waals surface area contributed by atoms with E-state index in [4.69, 9.17) is 4.42 Å². The number of likely N-dealkylation sites (tertiary alicyclic amines) is 1. The first-order valence-electron chi connectivity index (χ1n) is 9.02. The maximum atomic E-state index is 13.5. The number of fused-ring (bicyclic) bond motifs is 1. The summed E-state index contributed by atoms with van der Waals surface area (Å²) >= 11 is 0. The lowest BCUT2D eigenvalue weighted by Gasteiger charge is -2.21. The fourth-order valence-electron chi connectivity index (χ4n) is 3.63. The number of hydrogen-bond donors (Lipinski definition) is 2. The van der Waals surface area contributed by atoms with Crippen LogP contribution in [0.4, 0.5) is 13.2 Å². The molecule has 1 aromatic carbocycles. The van der Waals surface area contributed by atoms with Crippen LogP contribution in [0, 0.1) is 12.8 Å². The Kier molecular flexibility index (Phi) is 4.60. The number of amides is 2. The molecule has 152 valence electrons. The Morgan fingerprint density at radius 2 is 2.00 bits per heavy atom. The van der Waals surface area contributed by atoms with Crippen molar-refractivity contribution in [1.82, 2.24) is 15.2 Å². The van der Waals surface area contributed by atoms with Crippen molar-refractivity contribution in [2.24, 2.45) is 5.92 Å². The SMILES string of the molecule is Cc1ccc2[nH]c(C(=O)N3C[C@@H](C(F)(F)F)[C@H](NC(=O)c4ccco4)C3)cc2c1. The molecule has 0 unspecified atom stereocenters. The number of nitrogens with zero attached hydrogens (tertiary/aromatic N) is 1. The summed E-state index contributed by atoms with van der Waals surface area (Å²) in [7, 11) is 0. The van der Waals surface area contributed by atoms with Crippen molar-refractivity contribution in [3.8, 4) is 0 Å². The first-order chi connectivity index (χ1) is 13.7. The summed E-state index contributed by atoms with van der Waals surface area (Å²) in [5, 5.41) is 3.16. The average molecular weight is 405 g/mol. The predicted molar refractivity (Wildman–Crippen MR) is 98.4 cm³/mol. The van der Waals surface area contributed by atoms with Gasteiger partial charge in [0, 0.05) is 24.0 Å². The smallest absolute Gasteiger partial charge is 0.395 e. The molecule has 2 N–H and O–H groups in total. The normalized spacial score (nSPS) is 19.7. The molecule has 0 radical (unpaired) electrons. The second-order valence-corrected chi connectivity index (χ2v) is 7.19. The molecule has 0 bridgehead atoms. The number of alkyl halides is 3. The zero-order valence-corrected chi connectivity index (χ0v) is 15.4. The van der Waals surface area contributed by atoms with Crippen molar-refractivity contribution < 1.29 is 27.2 Å². The molecule has 1 saturated heterocycles. The number of benzene rings is 1. The molecule has 0 aliphatic carbocycles. The summed E-state index contributed by atoms with van der Waals surface area (Å²) in [5.41, 5.74) is 1.95. The van der Waals surface area contributed by atoms with Crippen LogP contribution >= 0.6 is 0 Å². The number of carbonyl (C=O) groups is 2. The molecule has 0 saturated carbocycles. The van der Waals surface area contributed by atoms with Crippen molar-refractivity contribution in [1.29, 1.82) is 0 Å². The molecule has 2 amide bonds. The molecule has 2 aromatic heterocycles. The Bertz CT molecular complexity index is 1060. The molecule has 1 fully saturated rings. The molecule has 3 heterocycles. The van der Waals surface area contributed by atoms with E-state index in [1.54, 1.807) is 6.07 Å². The Balaban J connectivity index is 1.55. The van der Waals surface area contributed by atoms with E-state index in [9.17, 15) is 22.8 Å². The number of aromatic nitrogens is 1. The van der Waals surface area contributed by atoms with Crippen LogP contribution in [-0.4, -0.2) is 47.0 Å². The van der Waals surface area contributed by atoms with E-state index in [0.29, 0.717) is 0 Å². The molecule has 9 heteroatoms. The lowest BCUT2D eigenvalue weighted by atomic mass is 10.0. The van der Waals surface area contributed by atoms with Crippen molar-refractivity contribution >= 4 is 22.7 Å². The van der Waals surface area contributed by atoms with Crippen LogP contribution < -0.4 is 5.32 Å². The van der Waals surface area contributed by atoms with Gasteiger partial charge < -0.3 is 19.6 Å². The number of aryl methyl sites for hydroxylation is 1. The van der Waals surface area contributed by atoms with Crippen molar-refractivity contribution in [3.05, 3.63) is 59.7 Å². The van der Waals surface area contributed by atoms with E-state index < -0.39 is 36.5 Å². The zero-order chi connectivity index (χ0) is 20.8. The van der Waals surface area contributed by atoms with Gasteiger partial charge in [-0.25, -0.2) is 0 Å². The standard InChI is InChI=1S/C20H18F3N3O3/c1-11-4-5-14-12(7-11)8-15(24-14)19(28)26-9-13(20(21,22)23)16(10-26)25-18(27)17-3-2-6-29-17/h2-8,13,16,24H,9-10H2,1H3,(H,25,27)/t13-,16-/m1/s1.